The Balaban J connectivity index is 0.00000129. The third-order valence-electron chi connectivity index (χ3n) is 7.89. The molecule has 4 atom stereocenters. The standard InChI is InChI=1S/C24H36NPSi.C5H10.2CH3.Fe/c1-19(25(2)3)23-17-22(27(4,5)6)18-24(23)26(20-13-9-7-10-14-20)21-15-11-8-12-16-21;1-2-4-5-3-1;;;/h7-16,19,22-24H,17-18H2,1-6H3;1-5H2;2*1H3;/q;;2*-1;+2/t19-,22?,23?,24?;;;;/m1..../s1. The first kappa shape index (κ1) is 34.6. The van der Waals surface area contributed by atoms with Crippen molar-refractivity contribution in [2.75, 3.05) is 14.1 Å². The van der Waals surface area contributed by atoms with Crippen LogP contribution in [0.5, 0.6) is 0 Å². The van der Waals surface area contributed by atoms with E-state index in [1.165, 1.54) is 44.9 Å². The van der Waals surface area contributed by atoms with E-state index >= 15 is 0 Å². The number of nitrogens with zero attached hydrogens (tertiary/aromatic N) is 1. The maximum Gasteiger partial charge on any atom is 2.00 e. The molecule has 4 heteroatoms. The van der Waals surface area contributed by atoms with Gasteiger partial charge in [0.2, 0.25) is 0 Å². The number of benzene rings is 2. The average Bonchev–Trinajstić information content (AvgIpc) is 3.49. The van der Waals surface area contributed by atoms with Crippen LogP contribution < -0.4 is 10.6 Å². The SMILES string of the molecule is C1CCCC1.C[C@H](C1CC([Si](C)(C)C)CC1P(c1ccccc1)c1ccccc1)N(C)C.[CH3-].[CH3-].[Fe+2]. The van der Waals surface area contributed by atoms with Gasteiger partial charge in [-0.15, -0.1) is 0 Å². The molecule has 0 radical (unpaired) electrons. The van der Waals surface area contributed by atoms with Gasteiger partial charge >= 0.3 is 17.1 Å². The normalized spacial score (nSPS) is 22.3. The van der Waals surface area contributed by atoms with Crippen LogP contribution in [0.4, 0.5) is 0 Å². The second kappa shape index (κ2) is 16.4. The molecule has 0 aromatic heterocycles. The van der Waals surface area contributed by atoms with Crippen LogP contribution in [-0.4, -0.2) is 38.8 Å². The van der Waals surface area contributed by atoms with Crippen molar-refractivity contribution in [2.45, 2.75) is 88.8 Å². The van der Waals surface area contributed by atoms with Gasteiger partial charge in [-0.2, -0.15) is 0 Å². The van der Waals surface area contributed by atoms with Crippen molar-refractivity contribution in [2.24, 2.45) is 5.92 Å². The number of hydrogen-bond donors (Lipinski definition) is 0. The van der Waals surface area contributed by atoms with E-state index in [0.717, 1.165) is 17.1 Å². The van der Waals surface area contributed by atoms with Crippen LogP contribution in [-0.2, 0) is 17.1 Å². The first-order valence-corrected chi connectivity index (χ1v) is 17.8. The number of rotatable bonds is 6. The summed E-state index contributed by atoms with van der Waals surface area (Å²) in [5, 5.41) is 3.10. The molecule has 0 N–H and O–H groups in total. The van der Waals surface area contributed by atoms with Crippen molar-refractivity contribution in [1.82, 2.24) is 4.90 Å². The molecule has 2 aromatic carbocycles. The van der Waals surface area contributed by atoms with Crippen molar-refractivity contribution in [3.8, 4) is 0 Å². The number of hydrogen-bond acceptors (Lipinski definition) is 1. The maximum absolute atomic E-state index is 2.57. The molecule has 0 bridgehead atoms. The molecule has 1 nitrogen and oxygen atoms in total. The first-order chi connectivity index (χ1) is 15.3. The van der Waals surface area contributed by atoms with Crippen molar-refractivity contribution < 1.29 is 17.1 Å². The molecular formula is C31H52FeNPSi. The third kappa shape index (κ3) is 9.75. The summed E-state index contributed by atoms with van der Waals surface area (Å²) in [5.74, 6) is 0.781. The average molecular weight is 554 g/mol. The predicted octanol–water partition coefficient (Wildman–Crippen LogP) is 8.40. The summed E-state index contributed by atoms with van der Waals surface area (Å²) in [7, 11) is 3.05. The largest absolute Gasteiger partial charge is 2.00 e. The molecular weight excluding hydrogens is 501 g/mol. The van der Waals surface area contributed by atoms with Gasteiger partial charge in [0.15, 0.2) is 0 Å². The molecule has 2 aliphatic carbocycles. The van der Waals surface area contributed by atoms with Gasteiger partial charge in [-0.1, -0.05) is 112 Å². The molecule has 0 heterocycles. The fourth-order valence-electron chi connectivity index (χ4n) is 5.55. The summed E-state index contributed by atoms with van der Waals surface area (Å²) < 4.78 is 0. The minimum absolute atomic E-state index is 0. The van der Waals surface area contributed by atoms with Gasteiger partial charge in [-0.25, -0.2) is 0 Å². The summed E-state index contributed by atoms with van der Waals surface area (Å²) in [6.45, 7) is 10.2. The quantitative estimate of drug-likeness (QED) is 0.197. The molecule has 0 saturated heterocycles. The van der Waals surface area contributed by atoms with Crippen LogP contribution in [0.3, 0.4) is 0 Å². The second-order valence-electron chi connectivity index (χ2n) is 11.3. The van der Waals surface area contributed by atoms with Gasteiger partial charge in [0.1, 0.15) is 0 Å². The van der Waals surface area contributed by atoms with Crippen molar-refractivity contribution >= 4 is 26.6 Å². The summed E-state index contributed by atoms with van der Waals surface area (Å²) >= 11 is 0. The van der Waals surface area contributed by atoms with Crippen LogP contribution in [0, 0.1) is 20.8 Å². The van der Waals surface area contributed by atoms with E-state index < -0.39 is 8.07 Å². The van der Waals surface area contributed by atoms with E-state index in [1.54, 1.807) is 10.6 Å². The van der Waals surface area contributed by atoms with Crippen LogP contribution in [0.1, 0.15) is 51.9 Å². The third-order valence-corrected chi connectivity index (χ3v) is 13.8. The van der Waals surface area contributed by atoms with Crippen LogP contribution >= 0.6 is 7.92 Å². The zero-order chi connectivity index (χ0) is 23.1. The molecule has 0 spiro atoms. The van der Waals surface area contributed by atoms with E-state index in [4.69, 9.17) is 0 Å². The Morgan fingerprint density at radius 3 is 1.49 bits per heavy atom. The van der Waals surface area contributed by atoms with E-state index in [9.17, 15) is 0 Å². The van der Waals surface area contributed by atoms with E-state index in [2.05, 4.69) is 106 Å². The Labute approximate surface area is 232 Å². The van der Waals surface area contributed by atoms with Crippen LogP contribution in [0.15, 0.2) is 60.7 Å². The van der Waals surface area contributed by atoms with Crippen molar-refractivity contribution in [1.29, 1.82) is 0 Å². The fourth-order valence-corrected chi connectivity index (χ4v) is 11.0. The zero-order valence-corrected chi connectivity index (χ0v) is 26.8. The molecule has 198 valence electrons. The molecule has 35 heavy (non-hydrogen) atoms. The molecule has 0 aliphatic heterocycles. The summed E-state index contributed by atoms with van der Waals surface area (Å²) in [4.78, 5) is 2.45. The predicted molar refractivity (Wildman–Crippen MR) is 162 cm³/mol. The van der Waals surface area contributed by atoms with Gasteiger partial charge in [-0.05, 0) is 69.5 Å². The Morgan fingerprint density at radius 2 is 1.14 bits per heavy atom. The van der Waals surface area contributed by atoms with Gasteiger partial charge in [0.25, 0.3) is 0 Å². The molecule has 0 amide bonds. The molecule has 3 unspecified atom stereocenters. The Bertz CT molecular complexity index is 742. The molecule has 4 rings (SSSR count). The minimum Gasteiger partial charge on any atom is -0.358 e. The Hall–Kier alpha value is -0.434. The van der Waals surface area contributed by atoms with Gasteiger partial charge < -0.3 is 19.8 Å². The molecule has 2 aliphatic rings. The van der Waals surface area contributed by atoms with E-state index in [-0.39, 0.29) is 39.8 Å². The smallest absolute Gasteiger partial charge is 0.358 e. The van der Waals surface area contributed by atoms with E-state index in [1.807, 2.05) is 0 Å². The summed E-state index contributed by atoms with van der Waals surface area (Å²) in [6.07, 6.45) is 10.3. The van der Waals surface area contributed by atoms with Crippen LogP contribution in [0.2, 0.25) is 25.2 Å². The molecule has 2 aromatic rings. The summed E-state index contributed by atoms with van der Waals surface area (Å²) in [6, 6.07) is 23.3. The van der Waals surface area contributed by atoms with Crippen molar-refractivity contribution in [3.63, 3.8) is 0 Å². The second-order valence-corrected chi connectivity index (χ2v) is 19.3. The fraction of sp³-hybridized carbons (Fsp3) is 0.548. The van der Waals surface area contributed by atoms with Crippen molar-refractivity contribution in [3.05, 3.63) is 75.5 Å². The minimum atomic E-state index is -1.14. The Morgan fingerprint density at radius 1 is 0.743 bits per heavy atom. The maximum atomic E-state index is 2.57. The van der Waals surface area contributed by atoms with Crippen LogP contribution in [0.25, 0.3) is 0 Å². The summed E-state index contributed by atoms with van der Waals surface area (Å²) in [5.41, 5.74) is 1.71. The Kier molecular flexibility index (Phi) is 16.2. The van der Waals surface area contributed by atoms with Gasteiger partial charge in [-0.3, -0.25) is 0 Å². The zero-order valence-electron chi connectivity index (χ0n) is 23.8. The topological polar surface area (TPSA) is 3.24 Å². The first-order valence-electron chi connectivity index (χ1n) is 12.8. The van der Waals surface area contributed by atoms with Gasteiger partial charge in [0.05, 0.1) is 0 Å². The van der Waals surface area contributed by atoms with E-state index in [0.29, 0.717) is 6.04 Å². The molecule has 2 fully saturated rings. The molecule has 2 saturated carbocycles. The monoisotopic (exact) mass is 553 g/mol. The van der Waals surface area contributed by atoms with Gasteiger partial charge in [0, 0.05) is 14.1 Å².